The largest absolute Gasteiger partial charge is 0.357 e. The third-order valence-electron chi connectivity index (χ3n) is 3.96. The summed E-state index contributed by atoms with van der Waals surface area (Å²) in [6.45, 7) is 8.92. The fourth-order valence-corrected chi connectivity index (χ4v) is 2.55. The first-order valence-electron chi connectivity index (χ1n) is 7.36. The van der Waals surface area contributed by atoms with Gasteiger partial charge in [-0.25, -0.2) is 4.98 Å². The van der Waals surface area contributed by atoms with E-state index < -0.39 is 5.54 Å². The van der Waals surface area contributed by atoms with Gasteiger partial charge in [-0.05, 0) is 52.3 Å². The van der Waals surface area contributed by atoms with Gasteiger partial charge in [0.1, 0.15) is 5.82 Å². The van der Waals surface area contributed by atoms with Crippen LogP contribution in [0.15, 0.2) is 18.3 Å². The summed E-state index contributed by atoms with van der Waals surface area (Å²) in [5.74, 6) is 0.964. The molecule has 1 atom stereocenters. The Hall–Kier alpha value is -1.62. The van der Waals surface area contributed by atoms with Gasteiger partial charge in [0, 0.05) is 13.1 Å². The van der Waals surface area contributed by atoms with Crippen LogP contribution in [0.4, 0.5) is 11.5 Å². The first-order chi connectivity index (χ1) is 9.59. The average Bonchev–Trinajstić information content (AvgIpc) is 2.90. The van der Waals surface area contributed by atoms with Crippen molar-refractivity contribution in [2.75, 3.05) is 29.9 Å². The van der Waals surface area contributed by atoms with E-state index in [9.17, 15) is 4.79 Å². The van der Waals surface area contributed by atoms with Gasteiger partial charge in [-0.15, -0.1) is 0 Å². The second-order valence-corrected chi connectivity index (χ2v) is 5.39. The molecule has 1 amide bonds. The van der Waals surface area contributed by atoms with Crippen LogP contribution in [-0.2, 0) is 4.79 Å². The van der Waals surface area contributed by atoms with Crippen LogP contribution < -0.4 is 15.5 Å². The van der Waals surface area contributed by atoms with E-state index in [4.69, 9.17) is 0 Å². The molecular weight excluding hydrogens is 252 g/mol. The molecule has 0 bridgehead atoms. The van der Waals surface area contributed by atoms with Crippen LogP contribution in [0.2, 0.25) is 0 Å². The van der Waals surface area contributed by atoms with Gasteiger partial charge in [0.25, 0.3) is 0 Å². The van der Waals surface area contributed by atoms with Gasteiger partial charge in [-0.1, -0.05) is 0 Å². The minimum absolute atomic E-state index is 0.0207. The van der Waals surface area contributed by atoms with E-state index >= 15 is 0 Å². The van der Waals surface area contributed by atoms with Crippen LogP contribution in [0.3, 0.4) is 0 Å². The molecule has 1 aromatic heterocycles. The summed E-state index contributed by atoms with van der Waals surface area (Å²) < 4.78 is 0. The summed E-state index contributed by atoms with van der Waals surface area (Å²) in [6.07, 6.45) is 3.65. The van der Waals surface area contributed by atoms with Crippen LogP contribution in [-0.4, -0.2) is 36.1 Å². The zero-order valence-electron chi connectivity index (χ0n) is 12.6. The van der Waals surface area contributed by atoms with Gasteiger partial charge < -0.3 is 15.5 Å². The minimum atomic E-state index is -0.447. The molecular formula is C15H24N4O. The van der Waals surface area contributed by atoms with Crippen LogP contribution in [0.1, 0.15) is 33.6 Å². The molecule has 1 aromatic rings. The number of amides is 1. The molecule has 0 aliphatic carbocycles. The molecule has 1 aliphatic rings. The molecule has 1 fully saturated rings. The maximum absolute atomic E-state index is 12.3. The van der Waals surface area contributed by atoms with Gasteiger partial charge >= 0.3 is 0 Å². The standard InChI is InChI=1S/C15H24N4O/c1-4-19(5-2)13-8-7-12(11-16-13)18-14(20)15(3)9-6-10-17-15/h7-8,11,17H,4-6,9-10H2,1-3H3,(H,18,20). The van der Waals surface area contributed by atoms with Gasteiger partial charge in [-0.2, -0.15) is 0 Å². The van der Waals surface area contributed by atoms with Crippen LogP contribution in [0.5, 0.6) is 0 Å². The lowest BCUT2D eigenvalue weighted by Gasteiger charge is -2.23. The van der Waals surface area contributed by atoms with Crippen molar-refractivity contribution < 1.29 is 4.79 Å². The van der Waals surface area contributed by atoms with Crippen LogP contribution in [0, 0.1) is 0 Å². The number of nitrogens with zero attached hydrogens (tertiary/aromatic N) is 2. The van der Waals surface area contributed by atoms with E-state index in [0.29, 0.717) is 0 Å². The van der Waals surface area contributed by atoms with E-state index in [1.54, 1.807) is 6.20 Å². The number of pyridine rings is 1. The number of aromatic nitrogens is 1. The van der Waals surface area contributed by atoms with Gasteiger partial charge in [-0.3, -0.25) is 4.79 Å². The monoisotopic (exact) mass is 276 g/mol. The van der Waals surface area contributed by atoms with E-state index in [0.717, 1.165) is 44.0 Å². The number of hydrogen-bond donors (Lipinski definition) is 2. The summed E-state index contributed by atoms with van der Waals surface area (Å²) in [6, 6.07) is 3.86. The summed E-state index contributed by atoms with van der Waals surface area (Å²) in [5.41, 5.74) is 0.304. The van der Waals surface area contributed by atoms with Crippen molar-refractivity contribution in [3.8, 4) is 0 Å². The van der Waals surface area contributed by atoms with Gasteiger partial charge in [0.2, 0.25) is 5.91 Å². The molecule has 0 spiro atoms. The lowest BCUT2D eigenvalue weighted by atomic mass is 9.99. The summed E-state index contributed by atoms with van der Waals surface area (Å²) >= 11 is 0. The Morgan fingerprint density at radius 2 is 2.20 bits per heavy atom. The van der Waals surface area contributed by atoms with E-state index in [1.807, 2.05) is 19.1 Å². The molecule has 1 unspecified atom stereocenters. The highest BCUT2D eigenvalue weighted by Crippen LogP contribution is 2.21. The fourth-order valence-electron chi connectivity index (χ4n) is 2.55. The second kappa shape index (κ2) is 6.22. The third kappa shape index (κ3) is 3.10. The number of carbonyl (C=O) groups is 1. The number of carbonyl (C=O) groups excluding carboxylic acids is 1. The normalized spacial score (nSPS) is 21.8. The van der Waals surface area contributed by atoms with Crippen molar-refractivity contribution in [1.82, 2.24) is 10.3 Å². The molecule has 1 saturated heterocycles. The Morgan fingerprint density at radius 3 is 2.70 bits per heavy atom. The molecule has 0 saturated carbocycles. The average molecular weight is 276 g/mol. The third-order valence-corrected chi connectivity index (χ3v) is 3.96. The zero-order chi connectivity index (χ0) is 14.6. The molecule has 110 valence electrons. The Kier molecular flexibility index (Phi) is 4.60. The van der Waals surface area contributed by atoms with E-state index in [-0.39, 0.29) is 5.91 Å². The molecule has 5 nitrogen and oxygen atoms in total. The van der Waals surface area contributed by atoms with E-state index in [1.165, 1.54) is 0 Å². The van der Waals surface area contributed by atoms with Crippen molar-refractivity contribution in [3.05, 3.63) is 18.3 Å². The minimum Gasteiger partial charge on any atom is -0.357 e. The Morgan fingerprint density at radius 1 is 1.45 bits per heavy atom. The Balaban J connectivity index is 2.02. The van der Waals surface area contributed by atoms with Crippen molar-refractivity contribution >= 4 is 17.4 Å². The maximum Gasteiger partial charge on any atom is 0.244 e. The smallest absolute Gasteiger partial charge is 0.244 e. The zero-order valence-corrected chi connectivity index (χ0v) is 12.6. The SMILES string of the molecule is CCN(CC)c1ccc(NC(=O)C2(C)CCCN2)cn1. The number of hydrogen-bond acceptors (Lipinski definition) is 4. The highest BCUT2D eigenvalue weighted by molar-refractivity contribution is 5.98. The predicted molar refractivity (Wildman–Crippen MR) is 82.1 cm³/mol. The predicted octanol–water partition coefficient (Wildman–Crippen LogP) is 2.01. The molecule has 0 aromatic carbocycles. The van der Waals surface area contributed by atoms with Gasteiger partial charge in [0.05, 0.1) is 17.4 Å². The van der Waals surface area contributed by atoms with Crippen molar-refractivity contribution in [2.24, 2.45) is 0 Å². The highest BCUT2D eigenvalue weighted by atomic mass is 16.2. The quantitative estimate of drug-likeness (QED) is 0.864. The maximum atomic E-state index is 12.3. The van der Waals surface area contributed by atoms with Gasteiger partial charge in [0.15, 0.2) is 0 Å². The number of nitrogens with one attached hydrogen (secondary N) is 2. The number of rotatable bonds is 5. The molecule has 1 aliphatic heterocycles. The lowest BCUT2D eigenvalue weighted by molar-refractivity contribution is -0.121. The van der Waals surface area contributed by atoms with Crippen molar-refractivity contribution in [2.45, 2.75) is 39.2 Å². The molecule has 2 heterocycles. The molecule has 5 heteroatoms. The topological polar surface area (TPSA) is 57.3 Å². The summed E-state index contributed by atoms with van der Waals surface area (Å²) in [4.78, 5) is 18.8. The first-order valence-corrected chi connectivity index (χ1v) is 7.36. The van der Waals surface area contributed by atoms with Crippen molar-refractivity contribution in [3.63, 3.8) is 0 Å². The van der Waals surface area contributed by atoms with Crippen molar-refractivity contribution in [1.29, 1.82) is 0 Å². The summed E-state index contributed by atoms with van der Waals surface area (Å²) in [5, 5.41) is 6.20. The molecule has 2 rings (SSSR count). The molecule has 20 heavy (non-hydrogen) atoms. The Bertz CT molecular complexity index is 447. The van der Waals surface area contributed by atoms with Crippen LogP contribution >= 0.6 is 0 Å². The molecule has 2 N–H and O–H groups in total. The fraction of sp³-hybridized carbons (Fsp3) is 0.600. The lowest BCUT2D eigenvalue weighted by Crippen LogP contribution is -2.47. The highest BCUT2D eigenvalue weighted by Gasteiger charge is 2.35. The molecule has 0 radical (unpaired) electrons. The Labute approximate surface area is 120 Å². The van der Waals surface area contributed by atoms with E-state index in [2.05, 4.69) is 34.4 Å². The number of anilines is 2. The summed E-state index contributed by atoms with van der Waals surface area (Å²) in [7, 11) is 0. The first kappa shape index (κ1) is 14.8. The van der Waals surface area contributed by atoms with Crippen LogP contribution in [0.25, 0.3) is 0 Å². The second-order valence-electron chi connectivity index (χ2n) is 5.39.